The van der Waals surface area contributed by atoms with Gasteiger partial charge in [-0.25, -0.2) is 0 Å². The molecule has 0 unspecified atom stereocenters. The van der Waals surface area contributed by atoms with Gasteiger partial charge >= 0.3 is 5.97 Å². The summed E-state index contributed by atoms with van der Waals surface area (Å²) in [6, 6.07) is 0. The maximum Gasteiger partial charge on any atom is 0.308 e. The van der Waals surface area contributed by atoms with E-state index in [0.717, 1.165) is 0 Å². The Morgan fingerprint density at radius 2 is 2.23 bits per heavy atom. The van der Waals surface area contributed by atoms with Gasteiger partial charge in [-0.1, -0.05) is 0 Å². The summed E-state index contributed by atoms with van der Waals surface area (Å²) in [6.07, 6.45) is -0.0391. The smallest absolute Gasteiger partial charge is 0.308 e. The van der Waals surface area contributed by atoms with E-state index in [-0.39, 0.29) is 25.4 Å². The van der Waals surface area contributed by atoms with Crippen molar-refractivity contribution in [3.8, 4) is 0 Å². The second-order valence-electron chi connectivity index (χ2n) is 2.98. The molecule has 3 N–H and O–H groups in total. The van der Waals surface area contributed by atoms with E-state index >= 15 is 0 Å². The maximum atomic E-state index is 11.1. The molecule has 1 heterocycles. The molecule has 6 heteroatoms. The van der Waals surface area contributed by atoms with E-state index in [4.69, 9.17) is 10.8 Å². The van der Waals surface area contributed by atoms with Gasteiger partial charge in [0.2, 0.25) is 11.8 Å². The molecule has 1 aliphatic rings. The van der Waals surface area contributed by atoms with Crippen LogP contribution in [0.1, 0.15) is 6.42 Å². The van der Waals surface area contributed by atoms with Gasteiger partial charge in [-0.15, -0.1) is 0 Å². The number of primary amides is 1. The Morgan fingerprint density at radius 1 is 1.62 bits per heavy atom. The molecule has 0 aliphatic carbocycles. The van der Waals surface area contributed by atoms with Crippen LogP contribution in [0.2, 0.25) is 0 Å². The number of carbonyl (C=O) groups is 3. The van der Waals surface area contributed by atoms with Crippen molar-refractivity contribution in [2.45, 2.75) is 6.42 Å². The van der Waals surface area contributed by atoms with Gasteiger partial charge in [0.15, 0.2) is 0 Å². The number of carbonyl (C=O) groups excluding carboxylic acids is 2. The fourth-order valence-corrected chi connectivity index (χ4v) is 1.28. The summed E-state index contributed by atoms with van der Waals surface area (Å²) in [7, 11) is 0. The van der Waals surface area contributed by atoms with Gasteiger partial charge in [0, 0.05) is 13.0 Å². The zero-order valence-electron chi connectivity index (χ0n) is 6.90. The fraction of sp³-hybridized carbons (Fsp3) is 0.571. The van der Waals surface area contributed by atoms with Crippen molar-refractivity contribution in [1.82, 2.24) is 4.90 Å². The number of hydrogen-bond donors (Lipinski definition) is 2. The van der Waals surface area contributed by atoms with E-state index < -0.39 is 17.8 Å². The molecule has 1 atom stereocenters. The van der Waals surface area contributed by atoms with Crippen LogP contribution in [0.5, 0.6) is 0 Å². The predicted molar refractivity (Wildman–Crippen MR) is 41.5 cm³/mol. The highest BCUT2D eigenvalue weighted by Crippen LogP contribution is 2.16. The molecule has 2 amide bonds. The third-order valence-corrected chi connectivity index (χ3v) is 1.91. The van der Waals surface area contributed by atoms with E-state index in [0.29, 0.717) is 0 Å². The minimum Gasteiger partial charge on any atom is -0.481 e. The number of nitrogens with zero attached hydrogens (tertiary/aromatic N) is 1. The Morgan fingerprint density at radius 3 is 2.62 bits per heavy atom. The van der Waals surface area contributed by atoms with Crippen LogP contribution < -0.4 is 5.73 Å². The summed E-state index contributed by atoms with van der Waals surface area (Å²) >= 11 is 0. The van der Waals surface area contributed by atoms with Gasteiger partial charge in [0.1, 0.15) is 0 Å². The minimum absolute atomic E-state index is 0.0391. The van der Waals surface area contributed by atoms with Gasteiger partial charge < -0.3 is 15.7 Å². The average molecular weight is 186 g/mol. The van der Waals surface area contributed by atoms with Crippen LogP contribution in [0.3, 0.4) is 0 Å². The molecule has 0 aromatic carbocycles. The Bertz CT molecular complexity index is 263. The summed E-state index contributed by atoms with van der Waals surface area (Å²) in [5.74, 6) is -2.67. The fourth-order valence-electron chi connectivity index (χ4n) is 1.28. The highest BCUT2D eigenvalue weighted by Gasteiger charge is 2.34. The zero-order valence-corrected chi connectivity index (χ0v) is 6.90. The lowest BCUT2D eigenvalue weighted by molar-refractivity contribution is -0.141. The quantitative estimate of drug-likeness (QED) is 0.554. The van der Waals surface area contributed by atoms with Crippen molar-refractivity contribution in [3.05, 3.63) is 0 Å². The number of likely N-dealkylation sites (tertiary alicyclic amines) is 1. The van der Waals surface area contributed by atoms with E-state index in [2.05, 4.69) is 0 Å². The Kier molecular flexibility index (Phi) is 2.50. The SMILES string of the molecule is NC(=O)CN1C[C@@H](C(=O)O)CC1=O. The molecule has 72 valence electrons. The lowest BCUT2D eigenvalue weighted by Gasteiger charge is -2.12. The number of hydrogen-bond acceptors (Lipinski definition) is 3. The third-order valence-electron chi connectivity index (χ3n) is 1.91. The van der Waals surface area contributed by atoms with Crippen molar-refractivity contribution < 1.29 is 19.5 Å². The first-order valence-corrected chi connectivity index (χ1v) is 3.79. The van der Waals surface area contributed by atoms with Crippen LogP contribution in [0, 0.1) is 5.92 Å². The van der Waals surface area contributed by atoms with Crippen molar-refractivity contribution in [3.63, 3.8) is 0 Å². The highest BCUT2D eigenvalue weighted by atomic mass is 16.4. The molecular formula is C7H10N2O4. The van der Waals surface area contributed by atoms with Crippen LogP contribution >= 0.6 is 0 Å². The molecule has 0 saturated carbocycles. The van der Waals surface area contributed by atoms with E-state index in [1.807, 2.05) is 0 Å². The molecule has 1 fully saturated rings. The summed E-state index contributed by atoms with van der Waals surface area (Å²) in [5, 5.41) is 8.59. The summed E-state index contributed by atoms with van der Waals surface area (Å²) < 4.78 is 0. The Labute approximate surface area is 74.3 Å². The van der Waals surface area contributed by atoms with Crippen molar-refractivity contribution in [1.29, 1.82) is 0 Å². The molecule has 6 nitrogen and oxygen atoms in total. The van der Waals surface area contributed by atoms with Gasteiger partial charge in [-0.3, -0.25) is 14.4 Å². The molecule has 0 aromatic heterocycles. The lowest BCUT2D eigenvalue weighted by atomic mass is 10.1. The number of carboxylic acid groups (broad SMARTS) is 1. The Hall–Kier alpha value is -1.59. The standard InChI is InChI=1S/C7H10N2O4/c8-5(10)3-9-2-4(7(12)13)1-6(9)11/h4H,1-3H2,(H2,8,10)(H,12,13)/t4-/m0/s1. The maximum absolute atomic E-state index is 11.1. The zero-order chi connectivity index (χ0) is 10.0. The summed E-state index contributed by atoms with van der Waals surface area (Å²) in [5.41, 5.74) is 4.88. The largest absolute Gasteiger partial charge is 0.481 e. The van der Waals surface area contributed by atoms with E-state index in [1.54, 1.807) is 0 Å². The minimum atomic E-state index is -1.01. The molecule has 1 aliphatic heterocycles. The van der Waals surface area contributed by atoms with E-state index in [1.165, 1.54) is 4.90 Å². The topological polar surface area (TPSA) is 101 Å². The van der Waals surface area contributed by atoms with Gasteiger partial charge in [-0.05, 0) is 0 Å². The molecule has 0 spiro atoms. The highest BCUT2D eigenvalue weighted by molar-refractivity contribution is 5.89. The molecule has 0 radical (unpaired) electrons. The number of carboxylic acids is 1. The van der Waals surface area contributed by atoms with Crippen LogP contribution in [-0.2, 0) is 14.4 Å². The van der Waals surface area contributed by atoms with Gasteiger partial charge in [0.05, 0.1) is 12.5 Å². The molecular weight excluding hydrogens is 176 g/mol. The van der Waals surface area contributed by atoms with Crippen molar-refractivity contribution in [2.24, 2.45) is 11.7 Å². The number of rotatable bonds is 3. The summed E-state index contributed by atoms with van der Waals surface area (Å²) in [6.45, 7) is -0.111. The first-order valence-electron chi connectivity index (χ1n) is 3.79. The molecule has 1 rings (SSSR count). The van der Waals surface area contributed by atoms with Gasteiger partial charge in [-0.2, -0.15) is 0 Å². The first kappa shape index (κ1) is 9.50. The number of nitrogens with two attached hydrogens (primary N) is 1. The van der Waals surface area contributed by atoms with Crippen molar-refractivity contribution >= 4 is 17.8 Å². The van der Waals surface area contributed by atoms with Crippen LogP contribution in [0.4, 0.5) is 0 Å². The Balaban J connectivity index is 2.56. The second-order valence-corrected chi connectivity index (χ2v) is 2.98. The average Bonchev–Trinajstić information content (AvgIpc) is 2.31. The predicted octanol–water partition coefficient (Wildman–Crippen LogP) is -1.60. The van der Waals surface area contributed by atoms with Crippen LogP contribution in [0.15, 0.2) is 0 Å². The molecule has 0 aromatic rings. The van der Waals surface area contributed by atoms with Crippen LogP contribution in [0.25, 0.3) is 0 Å². The number of amides is 2. The number of aliphatic carboxylic acids is 1. The molecule has 0 bridgehead atoms. The normalized spacial score (nSPS) is 22.0. The second kappa shape index (κ2) is 3.42. The van der Waals surface area contributed by atoms with E-state index in [9.17, 15) is 14.4 Å². The summed E-state index contributed by atoms with van der Waals surface area (Å²) in [4.78, 5) is 33.2. The monoisotopic (exact) mass is 186 g/mol. The van der Waals surface area contributed by atoms with Crippen molar-refractivity contribution in [2.75, 3.05) is 13.1 Å². The third kappa shape index (κ3) is 2.17. The molecule has 13 heavy (non-hydrogen) atoms. The van der Waals surface area contributed by atoms with Crippen LogP contribution in [-0.4, -0.2) is 40.9 Å². The lowest BCUT2D eigenvalue weighted by Crippen LogP contribution is -2.35. The van der Waals surface area contributed by atoms with Gasteiger partial charge in [0.25, 0.3) is 0 Å². The molecule has 1 saturated heterocycles. The first-order chi connectivity index (χ1) is 6.00.